The van der Waals surface area contributed by atoms with E-state index in [1.54, 1.807) is 6.92 Å². The van der Waals surface area contributed by atoms with Crippen LogP contribution >= 0.6 is 0 Å². The molecule has 0 aliphatic heterocycles. The molecule has 0 radical (unpaired) electrons. The molecule has 0 bridgehead atoms. The zero-order valence-corrected chi connectivity index (χ0v) is 5.06. The number of carbonyl (C=O) groups excluding carboxylic acids is 1. The molecule has 0 fully saturated rings. The summed E-state index contributed by atoms with van der Waals surface area (Å²) in [5.41, 5.74) is 0. The van der Waals surface area contributed by atoms with E-state index in [0.717, 1.165) is 0 Å². The number of ketones is 1. The van der Waals surface area contributed by atoms with Crippen LogP contribution < -0.4 is 5.32 Å². The number of hydrogen-bond acceptors (Lipinski definition) is 1. The number of quaternary nitrogens is 1. The highest BCUT2D eigenvalue weighted by atomic mass is 16.1. The van der Waals surface area contributed by atoms with Crippen molar-refractivity contribution in [3.8, 4) is 0 Å². The van der Waals surface area contributed by atoms with E-state index in [0.29, 0.717) is 0 Å². The van der Waals surface area contributed by atoms with Crippen LogP contribution in [-0.4, -0.2) is 18.9 Å². The van der Waals surface area contributed by atoms with E-state index in [-0.39, 0.29) is 11.8 Å². The standard InChI is InChI=1S/C5H11NO/c1-4(6-3)5(2)7/h4,6H,1-3H3/p+1. The van der Waals surface area contributed by atoms with Crippen LogP contribution in [0.3, 0.4) is 0 Å². The van der Waals surface area contributed by atoms with Gasteiger partial charge < -0.3 is 5.32 Å². The van der Waals surface area contributed by atoms with Crippen LogP contribution in [0.1, 0.15) is 13.8 Å². The van der Waals surface area contributed by atoms with Crippen LogP contribution in [-0.2, 0) is 4.79 Å². The molecule has 7 heavy (non-hydrogen) atoms. The third-order valence-corrected chi connectivity index (χ3v) is 1.14. The molecule has 0 aliphatic carbocycles. The van der Waals surface area contributed by atoms with Gasteiger partial charge in [0.25, 0.3) is 0 Å². The summed E-state index contributed by atoms with van der Waals surface area (Å²) in [6, 6.07) is 0.139. The number of Topliss-reactive ketones (excluding diaryl/α,β-unsaturated/α-hetero) is 1. The quantitative estimate of drug-likeness (QED) is 0.484. The normalized spacial score (nSPS) is 13.6. The van der Waals surface area contributed by atoms with Crippen molar-refractivity contribution in [1.82, 2.24) is 0 Å². The van der Waals surface area contributed by atoms with Crippen molar-refractivity contribution in [1.29, 1.82) is 0 Å². The molecule has 0 saturated carbocycles. The highest BCUT2D eigenvalue weighted by molar-refractivity contribution is 5.79. The molecule has 0 rings (SSSR count). The van der Waals surface area contributed by atoms with Crippen LogP contribution in [0.5, 0.6) is 0 Å². The summed E-state index contributed by atoms with van der Waals surface area (Å²) in [6.45, 7) is 3.49. The lowest BCUT2D eigenvalue weighted by atomic mass is 10.2. The van der Waals surface area contributed by atoms with Crippen molar-refractivity contribution in [2.45, 2.75) is 19.9 Å². The van der Waals surface area contributed by atoms with Gasteiger partial charge in [-0.25, -0.2) is 0 Å². The number of nitrogens with two attached hydrogens (primary N) is 1. The minimum Gasteiger partial charge on any atom is -0.340 e. The molecule has 1 atom stereocenters. The Labute approximate surface area is 43.9 Å². The van der Waals surface area contributed by atoms with E-state index < -0.39 is 0 Å². The van der Waals surface area contributed by atoms with Crippen molar-refractivity contribution in [2.24, 2.45) is 0 Å². The number of rotatable bonds is 2. The molecule has 0 amide bonds. The largest absolute Gasteiger partial charge is 0.340 e. The average molecular weight is 102 g/mol. The van der Waals surface area contributed by atoms with E-state index in [9.17, 15) is 4.79 Å². The molecule has 42 valence electrons. The van der Waals surface area contributed by atoms with Crippen LogP contribution in [0.25, 0.3) is 0 Å². The Morgan fingerprint density at radius 3 is 2.14 bits per heavy atom. The predicted molar refractivity (Wildman–Crippen MR) is 28.0 cm³/mol. The minimum atomic E-state index is 0.139. The minimum absolute atomic E-state index is 0.139. The van der Waals surface area contributed by atoms with E-state index in [2.05, 4.69) is 0 Å². The van der Waals surface area contributed by atoms with Crippen molar-refractivity contribution in [3.63, 3.8) is 0 Å². The highest BCUT2D eigenvalue weighted by Gasteiger charge is 2.04. The summed E-state index contributed by atoms with van der Waals surface area (Å²) in [6.07, 6.45) is 0. The van der Waals surface area contributed by atoms with Crippen molar-refractivity contribution < 1.29 is 10.1 Å². The van der Waals surface area contributed by atoms with E-state index in [4.69, 9.17) is 0 Å². The van der Waals surface area contributed by atoms with Crippen LogP contribution in [0.2, 0.25) is 0 Å². The van der Waals surface area contributed by atoms with Gasteiger partial charge in [-0.15, -0.1) is 0 Å². The first kappa shape index (κ1) is 6.63. The zero-order chi connectivity index (χ0) is 5.86. The molecule has 2 N–H and O–H groups in total. The van der Waals surface area contributed by atoms with Gasteiger partial charge in [-0.3, -0.25) is 4.79 Å². The second-order valence-corrected chi connectivity index (χ2v) is 1.73. The van der Waals surface area contributed by atoms with Crippen molar-refractivity contribution >= 4 is 5.78 Å². The third-order valence-electron chi connectivity index (χ3n) is 1.14. The Bertz CT molecular complexity index is 70.5. The summed E-state index contributed by atoms with van der Waals surface area (Å²) >= 11 is 0. The van der Waals surface area contributed by atoms with Gasteiger partial charge in [0, 0.05) is 6.92 Å². The SMILES string of the molecule is C[NH2+]C(C)C(C)=O. The Kier molecular flexibility index (Phi) is 2.60. The molecule has 0 aromatic heterocycles. The number of likely N-dealkylation sites (N-methyl/N-ethyl adjacent to an activating group) is 1. The van der Waals surface area contributed by atoms with Gasteiger partial charge >= 0.3 is 0 Å². The smallest absolute Gasteiger partial charge is 0.186 e. The molecular formula is C5H12NO+. The second-order valence-electron chi connectivity index (χ2n) is 1.73. The van der Waals surface area contributed by atoms with E-state index in [1.807, 2.05) is 19.3 Å². The number of carbonyl (C=O) groups is 1. The molecular weight excluding hydrogens is 90.1 g/mol. The second kappa shape index (κ2) is 2.75. The van der Waals surface area contributed by atoms with Gasteiger partial charge in [0.2, 0.25) is 0 Å². The maximum atomic E-state index is 10.3. The summed E-state index contributed by atoms with van der Waals surface area (Å²) < 4.78 is 0. The first-order valence-corrected chi connectivity index (χ1v) is 2.48. The molecule has 2 nitrogen and oxygen atoms in total. The lowest BCUT2D eigenvalue weighted by Gasteiger charge is -1.97. The van der Waals surface area contributed by atoms with Gasteiger partial charge in [0.15, 0.2) is 5.78 Å². The van der Waals surface area contributed by atoms with Gasteiger partial charge in [-0.2, -0.15) is 0 Å². The monoisotopic (exact) mass is 102 g/mol. The topological polar surface area (TPSA) is 33.7 Å². The summed E-state index contributed by atoms with van der Waals surface area (Å²) in [7, 11) is 1.89. The highest BCUT2D eigenvalue weighted by Crippen LogP contribution is 1.70. The first-order valence-electron chi connectivity index (χ1n) is 2.48. The maximum Gasteiger partial charge on any atom is 0.186 e. The molecule has 0 spiro atoms. The zero-order valence-electron chi connectivity index (χ0n) is 5.06. The molecule has 0 aromatic rings. The fourth-order valence-corrected chi connectivity index (χ4v) is 0.235. The summed E-state index contributed by atoms with van der Waals surface area (Å²) in [5, 5.41) is 1.89. The van der Waals surface area contributed by atoms with Crippen LogP contribution in [0.4, 0.5) is 0 Å². The Morgan fingerprint density at radius 1 is 1.71 bits per heavy atom. The molecule has 0 aliphatic rings. The third kappa shape index (κ3) is 2.34. The molecule has 0 heterocycles. The van der Waals surface area contributed by atoms with E-state index >= 15 is 0 Å². The van der Waals surface area contributed by atoms with Gasteiger partial charge in [-0.1, -0.05) is 0 Å². The van der Waals surface area contributed by atoms with Gasteiger partial charge in [-0.05, 0) is 6.92 Å². The summed E-state index contributed by atoms with van der Waals surface area (Å²) in [5.74, 6) is 0.238. The van der Waals surface area contributed by atoms with E-state index in [1.165, 1.54) is 0 Å². The lowest BCUT2D eigenvalue weighted by molar-refractivity contribution is -0.646. The van der Waals surface area contributed by atoms with Crippen molar-refractivity contribution in [3.05, 3.63) is 0 Å². The summed E-state index contributed by atoms with van der Waals surface area (Å²) in [4.78, 5) is 10.3. The first-order chi connectivity index (χ1) is 3.18. The number of hydrogen-bond donors (Lipinski definition) is 1. The Hall–Kier alpha value is -0.370. The maximum absolute atomic E-state index is 10.3. The molecule has 0 saturated heterocycles. The molecule has 1 unspecified atom stereocenters. The lowest BCUT2D eigenvalue weighted by Crippen LogP contribution is -2.87. The van der Waals surface area contributed by atoms with Crippen LogP contribution in [0.15, 0.2) is 0 Å². The fourth-order valence-electron chi connectivity index (χ4n) is 0.235. The van der Waals surface area contributed by atoms with Gasteiger partial charge in [0.05, 0.1) is 7.05 Å². The van der Waals surface area contributed by atoms with Crippen molar-refractivity contribution in [2.75, 3.05) is 7.05 Å². The molecule has 2 heteroatoms. The Balaban J connectivity index is 3.34. The van der Waals surface area contributed by atoms with Crippen LogP contribution in [0, 0.1) is 0 Å². The molecule has 0 aromatic carbocycles. The van der Waals surface area contributed by atoms with Gasteiger partial charge in [0.1, 0.15) is 6.04 Å². The Morgan fingerprint density at radius 2 is 2.14 bits per heavy atom. The predicted octanol–water partition coefficient (Wildman–Crippen LogP) is -0.843. The average Bonchev–Trinajstić information content (AvgIpc) is 1.65. The fraction of sp³-hybridized carbons (Fsp3) is 0.800.